The Hall–Kier alpha value is -1.05. The van der Waals surface area contributed by atoms with Crippen LogP contribution in [0.1, 0.15) is 6.92 Å². The molecule has 0 N–H and O–H groups in total. The molecule has 0 aliphatic carbocycles. The average Bonchev–Trinajstić information content (AvgIpc) is 2.14. The molecule has 2 heteroatoms. The first kappa shape index (κ1) is 5.09. The van der Waals surface area contributed by atoms with E-state index < -0.39 is 0 Å². The Morgan fingerprint density at radius 1 is 1.75 bits per heavy atom. The molecule has 41 valence electrons. The monoisotopic (exact) mass is 108 g/mol. The van der Waals surface area contributed by atoms with Gasteiger partial charge in [-0.3, -0.25) is 10.1 Å². The summed E-state index contributed by atoms with van der Waals surface area (Å²) in [6.07, 6.45) is 4.16. The van der Waals surface area contributed by atoms with Crippen LogP contribution in [0.3, 0.4) is 0 Å². The van der Waals surface area contributed by atoms with E-state index in [9.17, 15) is 4.79 Å². The van der Waals surface area contributed by atoms with Crippen molar-refractivity contribution in [3.8, 4) is 0 Å². The molecule has 0 fully saturated rings. The Bertz CT molecular complexity index is 167. The molecule has 8 heavy (non-hydrogen) atoms. The van der Waals surface area contributed by atoms with Gasteiger partial charge in [0, 0.05) is 6.20 Å². The molecule has 0 saturated carbocycles. The predicted octanol–water partition coefficient (Wildman–Crippen LogP) is 0.591. The van der Waals surface area contributed by atoms with Gasteiger partial charge >= 0.3 is 0 Å². The molecule has 0 saturated heterocycles. The number of rotatable bonds is 1. The molecule has 0 aromatic carbocycles. The zero-order valence-corrected chi connectivity index (χ0v) is 4.59. The van der Waals surface area contributed by atoms with Crippen LogP contribution >= 0.6 is 0 Å². The van der Waals surface area contributed by atoms with Crippen molar-refractivity contribution in [1.29, 1.82) is 0 Å². The van der Waals surface area contributed by atoms with Crippen molar-refractivity contribution in [2.75, 3.05) is 0 Å². The van der Waals surface area contributed by atoms with Gasteiger partial charge in [0.05, 0.1) is 0 Å². The SMILES string of the molecule is CC1=C[N]C(C=O)=C1. The van der Waals surface area contributed by atoms with Crippen LogP contribution in [-0.2, 0) is 4.79 Å². The standard InChI is InChI=1S/C6H6NO/c1-5-2-6(4-8)7-3-5/h2-4H,1H3. The molecule has 0 spiro atoms. The second kappa shape index (κ2) is 1.82. The molecule has 1 rings (SSSR count). The highest BCUT2D eigenvalue weighted by Crippen LogP contribution is 2.05. The van der Waals surface area contributed by atoms with Crippen molar-refractivity contribution in [2.24, 2.45) is 0 Å². The smallest absolute Gasteiger partial charge is 0.168 e. The highest BCUT2D eigenvalue weighted by atomic mass is 16.1. The number of carbonyl (C=O) groups is 1. The fourth-order valence-corrected chi connectivity index (χ4v) is 0.549. The van der Waals surface area contributed by atoms with Gasteiger partial charge in [0.25, 0.3) is 0 Å². The van der Waals surface area contributed by atoms with Gasteiger partial charge in [-0.15, -0.1) is 0 Å². The number of nitrogens with zero attached hydrogens (tertiary/aromatic N) is 1. The minimum atomic E-state index is 0.516. The summed E-state index contributed by atoms with van der Waals surface area (Å²) in [7, 11) is 0. The third kappa shape index (κ3) is 0.780. The van der Waals surface area contributed by atoms with Gasteiger partial charge in [-0.2, -0.15) is 0 Å². The Morgan fingerprint density at radius 3 is 2.75 bits per heavy atom. The largest absolute Gasteiger partial charge is 0.296 e. The maximum atomic E-state index is 9.96. The van der Waals surface area contributed by atoms with Gasteiger partial charge in [-0.1, -0.05) is 0 Å². The molecule has 1 heterocycles. The first-order chi connectivity index (χ1) is 3.83. The third-order valence-corrected chi connectivity index (χ3v) is 0.914. The Balaban J connectivity index is 2.69. The van der Waals surface area contributed by atoms with Crippen LogP contribution in [-0.4, -0.2) is 6.29 Å². The molecule has 0 atom stereocenters. The summed E-state index contributed by atoms with van der Waals surface area (Å²) in [6.45, 7) is 1.90. The minimum absolute atomic E-state index is 0.516. The summed E-state index contributed by atoms with van der Waals surface area (Å²) in [6, 6.07) is 0. The van der Waals surface area contributed by atoms with Crippen LogP contribution < -0.4 is 5.32 Å². The van der Waals surface area contributed by atoms with Crippen LogP contribution in [0.25, 0.3) is 0 Å². The van der Waals surface area contributed by atoms with E-state index >= 15 is 0 Å². The predicted molar refractivity (Wildman–Crippen MR) is 30.0 cm³/mol. The van der Waals surface area contributed by atoms with Gasteiger partial charge < -0.3 is 0 Å². The quantitative estimate of drug-likeness (QED) is 0.452. The third-order valence-electron chi connectivity index (χ3n) is 0.914. The zero-order chi connectivity index (χ0) is 5.98. The van der Waals surface area contributed by atoms with E-state index in [-0.39, 0.29) is 0 Å². The van der Waals surface area contributed by atoms with E-state index in [2.05, 4.69) is 5.32 Å². The molecular weight excluding hydrogens is 102 g/mol. The first-order valence-electron chi connectivity index (χ1n) is 2.37. The first-order valence-corrected chi connectivity index (χ1v) is 2.37. The summed E-state index contributed by atoms with van der Waals surface area (Å²) < 4.78 is 0. The Morgan fingerprint density at radius 2 is 2.50 bits per heavy atom. The minimum Gasteiger partial charge on any atom is -0.296 e. The van der Waals surface area contributed by atoms with E-state index in [0.717, 1.165) is 11.9 Å². The summed E-state index contributed by atoms with van der Waals surface area (Å²) in [5, 5.41) is 3.77. The molecule has 0 amide bonds. The number of allylic oxidation sites excluding steroid dienone is 3. The molecule has 1 aliphatic heterocycles. The normalized spacial score (nSPS) is 16.6. The maximum absolute atomic E-state index is 9.96. The van der Waals surface area contributed by atoms with E-state index in [1.807, 2.05) is 6.92 Å². The Labute approximate surface area is 47.9 Å². The summed E-state index contributed by atoms with van der Waals surface area (Å²) in [5.41, 5.74) is 1.55. The number of aldehydes is 1. The van der Waals surface area contributed by atoms with Gasteiger partial charge in [-0.25, -0.2) is 0 Å². The maximum Gasteiger partial charge on any atom is 0.168 e. The van der Waals surface area contributed by atoms with Crippen LogP contribution in [0, 0.1) is 0 Å². The molecule has 0 aromatic rings. The summed E-state index contributed by atoms with van der Waals surface area (Å²) >= 11 is 0. The van der Waals surface area contributed by atoms with E-state index in [1.165, 1.54) is 0 Å². The van der Waals surface area contributed by atoms with Gasteiger partial charge in [0.1, 0.15) is 5.70 Å². The molecule has 1 radical (unpaired) electrons. The van der Waals surface area contributed by atoms with Crippen molar-refractivity contribution in [3.05, 3.63) is 23.5 Å². The summed E-state index contributed by atoms with van der Waals surface area (Å²) in [4.78, 5) is 9.96. The highest BCUT2D eigenvalue weighted by Gasteiger charge is 2.00. The zero-order valence-electron chi connectivity index (χ0n) is 4.59. The fraction of sp³-hybridized carbons (Fsp3) is 0.167. The van der Waals surface area contributed by atoms with E-state index in [1.54, 1.807) is 12.3 Å². The Kier molecular flexibility index (Phi) is 1.16. The number of carbonyl (C=O) groups excluding carboxylic acids is 1. The van der Waals surface area contributed by atoms with Crippen molar-refractivity contribution in [2.45, 2.75) is 6.92 Å². The lowest BCUT2D eigenvalue weighted by molar-refractivity contribution is -0.105. The number of hydrogen-bond donors (Lipinski definition) is 0. The molecule has 0 bridgehead atoms. The van der Waals surface area contributed by atoms with Crippen LogP contribution in [0.2, 0.25) is 0 Å². The van der Waals surface area contributed by atoms with E-state index in [0.29, 0.717) is 5.70 Å². The second-order valence-electron chi connectivity index (χ2n) is 1.69. The average molecular weight is 108 g/mol. The fourth-order valence-electron chi connectivity index (χ4n) is 0.549. The molecular formula is C6H6NO. The molecule has 0 unspecified atom stereocenters. The van der Waals surface area contributed by atoms with Crippen LogP contribution in [0.15, 0.2) is 23.5 Å². The number of hydrogen-bond acceptors (Lipinski definition) is 1. The lowest BCUT2D eigenvalue weighted by Gasteiger charge is -1.80. The lowest BCUT2D eigenvalue weighted by atomic mass is 10.3. The summed E-state index contributed by atoms with van der Waals surface area (Å²) in [5.74, 6) is 0. The highest BCUT2D eigenvalue weighted by molar-refractivity contribution is 5.74. The molecule has 2 nitrogen and oxygen atoms in total. The topological polar surface area (TPSA) is 31.2 Å². The van der Waals surface area contributed by atoms with Crippen LogP contribution in [0.5, 0.6) is 0 Å². The van der Waals surface area contributed by atoms with Gasteiger partial charge in [0.15, 0.2) is 6.29 Å². The van der Waals surface area contributed by atoms with Gasteiger partial charge in [-0.05, 0) is 18.6 Å². The molecule has 1 aliphatic rings. The van der Waals surface area contributed by atoms with E-state index in [4.69, 9.17) is 0 Å². The van der Waals surface area contributed by atoms with Crippen molar-refractivity contribution < 1.29 is 4.79 Å². The van der Waals surface area contributed by atoms with Crippen LogP contribution in [0.4, 0.5) is 0 Å². The molecule has 0 aromatic heterocycles. The lowest BCUT2D eigenvalue weighted by Crippen LogP contribution is -1.90. The van der Waals surface area contributed by atoms with Crippen molar-refractivity contribution in [1.82, 2.24) is 5.32 Å². The van der Waals surface area contributed by atoms with Gasteiger partial charge in [0.2, 0.25) is 0 Å². The van der Waals surface area contributed by atoms with Crippen molar-refractivity contribution in [3.63, 3.8) is 0 Å². The second-order valence-corrected chi connectivity index (χ2v) is 1.69. The van der Waals surface area contributed by atoms with Crippen molar-refractivity contribution >= 4 is 6.29 Å².